The second-order valence-corrected chi connectivity index (χ2v) is 8.57. The largest absolute Gasteiger partial charge is 0.304 e. The standard InChI is InChI=1S/C20H25N3O3S/c1-16-8-9-19(14-17(16)2)20(24)21-27(25,26)23-12-10-22(11-13-23)15-18-6-4-3-5-7-18/h3-9,14H,10-13,15H2,1-2H3,(H,21,24). The van der Waals surface area contributed by atoms with Gasteiger partial charge in [0.2, 0.25) is 0 Å². The molecular weight excluding hydrogens is 362 g/mol. The third kappa shape index (κ3) is 4.94. The first-order valence-electron chi connectivity index (χ1n) is 9.01. The molecule has 1 saturated heterocycles. The molecule has 6 nitrogen and oxygen atoms in total. The van der Waals surface area contributed by atoms with E-state index >= 15 is 0 Å². The molecule has 0 bridgehead atoms. The lowest BCUT2D eigenvalue weighted by Gasteiger charge is -2.33. The van der Waals surface area contributed by atoms with Crippen molar-refractivity contribution in [2.45, 2.75) is 20.4 Å². The van der Waals surface area contributed by atoms with Crippen LogP contribution >= 0.6 is 0 Å². The third-order valence-corrected chi connectivity index (χ3v) is 6.40. The van der Waals surface area contributed by atoms with Crippen molar-refractivity contribution in [1.29, 1.82) is 0 Å². The summed E-state index contributed by atoms with van der Waals surface area (Å²) < 4.78 is 28.7. The second-order valence-electron chi connectivity index (χ2n) is 6.90. The molecule has 144 valence electrons. The highest BCUT2D eigenvalue weighted by Crippen LogP contribution is 2.13. The third-order valence-electron chi connectivity index (χ3n) is 4.91. The van der Waals surface area contributed by atoms with Crippen molar-refractivity contribution in [2.75, 3.05) is 26.2 Å². The number of carbonyl (C=O) groups is 1. The lowest BCUT2D eigenvalue weighted by molar-refractivity contribution is 0.0977. The zero-order valence-electron chi connectivity index (χ0n) is 15.7. The van der Waals surface area contributed by atoms with E-state index in [2.05, 4.69) is 21.8 Å². The molecule has 7 heteroatoms. The van der Waals surface area contributed by atoms with Crippen LogP contribution in [0.1, 0.15) is 27.0 Å². The normalized spacial score (nSPS) is 16.2. The number of hydrogen-bond acceptors (Lipinski definition) is 4. The number of nitrogens with zero attached hydrogens (tertiary/aromatic N) is 2. The van der Waals surface area contributed by atoms with Crippen molar-refractivity contribution in [2.24, 2.45) is 0 Å². The number of piperazine rings is 1. The molecule has 0 aliphatic carbocycles. The Morgan fingerprint density at radius 2 is 1.63 bits per heavy atom. The predicted octanol–water partition coefficient (Wildman–Crippen LogP) is 2.10. The first kappa shape index (κ1) is 19.5. The second kappa shape index (κ2) is 8.21. The fraction of sp³-hybridized carbons (Fsp3) is 0.350. The van der Waals surface area contributed by atoms with E-state index in [1.54, 1.807) is 12.1 Å². The predicted molar refractivity (Wildman–Crippen MR) is 106 cm³/mol. The average molecular weight is 388 g/mol. The molecule has 2 aromatic carbocycles. The van der Waals surface area contributed by atoms with Gasteiger partial charge in [-0.05, 0) is 42.7 Å². The fourth-order valence-electron chi connectivity index (χ4n) is 3.09. The number of hydrogen-bond donors (Lipinski definition) is 1. The molecule has 1 amide bonds. The molecular formula is C20H25N3O3S. The number of rotatable bonds is 5. The summed E-state index contributed by atoms with van der Waals surface area (Å²) in [7, 11) is -3.84. The van der Waals surface area contributed by atoms with E-state index in [-0.39, 0.29) is 0 Å². The van der Waals surface area contributed by atoms with E-state index in [1.807, 2.05) is 38.1 Å². The first-order valence-corrected chi connectivity index (χ1v) is 10.4. The van der Waals surface area contributed by atoms with Gasteiger partial charge in [-0.1, -0.05) is 36.4 Å². The summed E-state index contributed by atoms with van der Waals surface area (Å²) in [5.74, 6) is -0.593. The maximum atomic E-state index is 12.6. The van der Waals surface area contributed by atoms with E-state index in [0.717, 1.165) is 17.7 Å². The summed E-state index contributed by atoms with van der Waals surface area (Å²) in [6.45, 7) is 6.63. The van der Waals surface area contributed by atoms with Crippen LogP contribution in [-0.2, 0) is 16.8 Å². The Morgan fingerprint density at radius 3 is 2.26 bits per heavy atom. The summed E-state index contributed by atoms with van der Waals surface area (Å²) in [6, 6.07) is 15.3. The Bertz CT molecular complexity index is 905. The smallest absolute Gasteiger partial charge is 0.296 e. The Hall–Kier alpha value is -2.22. The Morgan fingerprint density at radius 1 is 0.963 bits per heavy atom. The minimum Gasteiger partial charge on any atom is -0.296 e. The van der Waals surface area contributed by atoms with Gasteiger partial charge in [0.05, 0.1) is 0 Å². The van der Waals surface area contributed by atoms with Crippen molar-refractivity contribution >= 4 is 16.1 Å². The molecule has 1 fully saturated rings. The number of carbonyl (C=O) groups excluding carboxylic acids is 1. The van der Waals surface area contributed by atoms with Crippen LogP contribution in [0.15, 0.2) is 48.5 Å². The highest BCUT2D eigenvalue weighted by Gasteiger charge is 2.28. The monoisotopic (exact) mass is 387 g/mol. The van der Waals surface area contributed by atoms with E-state index in [1.165, 1.54) is 9.87 Å². The number of benzene rings is 2. The molecule has 2 aromatic rings. The van der Waals surface area contributed by atoms with E-state index in [4.69, 9.17) is 0 Å². The highest BCUT2D eigenvalue weighted by molar-refractivity contribution is 7.87. The molecule has 0 saturated carbocycles. The summed E-state index contributed by atoms with van der Waals surface area (Å²) in [6.07, 6.45) is 0. The quantitative estimate of drug-likeness (QED) is 0.853. The van der Waals surface area contributed by atoms with Gasteiger partial charge >= 0.3 is 10.2 Å². The zero-order chi connectivity index (χ0) is 19.4. The molecule has 1 heterocycles. The maximum Gasteiger partial charge on any atom is 0.304 e. The molecule has 1 N–H and O–H groups in total. The molecule has 0 spiro atoms. The van der Waals surface area contributed by atoms with Crippen LogP contribution in [-0.4, -0.2) is 49.7 Å². The van der Waals surface area contributed by atoms with Gasteiger partial charge in [-0.15, -0.1) is 0 Å². The van der Waals surface area contributed by atoms with E-state index in [9.17, 15) is 13.2 Å². The molecule has 0 radical (unpaired) electrons. The van der Waals surface area contributed by atoms with Crippen LogP contribution < -0.4 is 4.72 Å². The Labute approximate surface area is 161 Å². The fourth-order valence-corrected chi connectivity index (χ4v) is 4.22. The van der Waals surface area contributed by atoms with Crippen LogP contribution in [0.5, 0.6) is 0 Å². The van der Waals surface area contributed by atoms with Crippen LogP contribution in [0.25, 0.3) is 0 Å². The summed E-state index contributed by atoms with van der Waals surface area (Å²) in [5, 5.41) is 0. The molecule has 0 aromatic heterocycles. The maximum absolute atomic E-state index is 12.6. The van der Waals surface area contributed by atoms with E-state index in [0.29, 0.717) is 31.7 Å². The number of amides is 1. The molecule has 0 atom stereocenters. The van der Waals surface area contributed by atoms with Gasteiger partial charge < -0.3 is 0 Å². The summed E-state index contributed by atoms with van der Waals surface area (Å²) >= 11 is 0. The Balaban J connectivity index is 1.58. The SMILES string of the molecule is Cc1ccc(C(=O)NS(=O)(=O)N2CCN(Cc3ccccc3)CC2)cc1C. The molecule has 0 unspecified atom stereocenters. The van der Waals surface area contributed by atoms with Gasteiger partial charge in [-0.2, -0.15) is 12.7 Å². The van der Waals surface area contributed by atoms with Gasteiger partial charge in [-0.3, -0.25) is 9.69 Å². The minimum absolute atomic E-state index is 0.351. The minimum atomic E-state index is -3.84. The van der Waals surface area contributed by atoms with Crippen LogP contribution in [0, 0.1) is 13.8 Å². The van der Waals surface area contributed by atoms with Crippen molar-refractivity contribution in [3.05, 3.63) is 70.8 Å². The highest BCUT2D eigenvalue weighted by atomic mass is 32.2. The average Bonchev–Trinajstić information content (AvgIpc) is 2.65. The molecule has 27 heavy (non-hydrogen) atoms. The summed E-state index contributed by atoms with van der Waals surface area (Å²) in [5.41, 5.74) is 3.57. The molecule has 1 aliphatic heterocycles. The van der Waals surface area contributed by atoms with Crippen LogP contribution in [0.4, 0.5) is 0 Å². The number of nitrogens with one attached hydrogen (secondary N) is 1. The van der Waals surface area contributed by atoms with Crippen LogP contribution in [0.3, 0.4) is 0 Å². The molecule has 1 aliphatic rings. The van der Waals surface area contributed by atoms with Crippen molar-refractivity contribution in [3.63, 3.8) is 0 Å². The lowest BCUT2D eigenvalue weighted by atomic mass is 10.1. The Kier molecular flexibility index (Phi) is 5.94. The van der Waals surface area contributed by atoms with Gasteiger partial charge in [0.25, 0.3) is 5.91 Å². The molecule has 3 rings (SSSR count). The van der Waals surface area contributed by atoms with Crippen molar-refractivity contribution in [1.82, 2.24) is 13.9 Å². The van der Waals surface area contributed by atoms with Crippen LogP contribution in [0.2, 0.25) is 0 Å². The summed E-state index contributed by atoms with van der Waals surface area (Å²) in [4.78, 5) is 14.6. The van der Waals surface area contributed by atoms with Gasteiger partial charge in [-0.25, -0.2) is 4.72 Å². The number of aryl methyl sites for hydroxylation is 2. The van der Waals surface area contributed by atoms with Gasteiger partial charge in [0.1, 0.15) is 0 Å². The van der Waals surface area contributed by atoms with Gasteiger partial charge in [0, 0.05) is 38.3 Å². The van der Waals surface area contributed by atoms with E-state index < -0.39 is 16.1 Å². The lowest BCUT2D eigenvalue weighted by Crippen LogP contribution is -2.52. The van der Waals surface area contributed by atoms with Crippen molar-refractivity contribution in [3.8, 4) is 0 Å². The first-order chi connectivity index (χ1) is 12.8. The zero-order valence-corrected chi connectivity index (χ0v) is 16.5. The topological polar surface area (TPSA) is 69.7 Å². The van der Waals surface area contributed by atoms with Crippen molar-refractivity contribution < 1.29 is 13.2 Å². The van der Waals surface area contributed by atoms with Gasteiger partial charge in [0.15, 0.2) is 0 Å².